The Bertz CT molecular complexity index is 1250. The highest BCUT2D eigenvalue weighted by Gasteiger charge is 2.24. The van der Waals surface area contributed by atoms with E-state index < -0.39 is 0 Å². The molecule has 0 atom stereocenters. The molecule has 5 rings (SSSR count). The van der Waals surface area contributed by atoms with Crippen molar-refractivity contribution in [2.24, 2.45) is 0 Å². The summed E-state index contributed by atoms with van der Waals surface area (Å²) in [5.74, 6) is 0.717. The normalized spacial score (nSPS) is 15.5. The Kier molecular flexibility index (Phi) is 6.40. The van der Waals surface area contributed by atoms with Crippen LogP contribution < -0.4 is 5.32 Å². The van der Waals surface area contributed by atoms with E-state index in [1.54, 1.807) is 11.3 Å². The first kappa shape index (κ1) is 22.4. The molecule has 172 valence electrons. The second-order valence-electron chi connectivity index (χ2n) is 8.86. The number of rotatable bonds is 6. The van der Waals surface area contributed by atoms with Crippen molar-refractivity contribution in [3.63, 3.8) is 0 Å². The van der Waals surface area contributed by atoms with Gasteiger partial charge < -0.3 is 19.3 Å². The molecule has 4 aromatic rings. The molecule has 0 saturated carbocycles. The molecule has 1 amide bonds. The number of hydrogen-bond acceptors (Lipinski definition) is 5. The first-order valence-corrected chi connectivity index (χ1v) is 13.0. The second kappa shape index (κ2) is 9.44. The minimum atomic E-state index is -0.0349. The number of nitrogens with one attached hydrogen (secondary N) is 1. The van der Waals surface area contributed by atoms with Crippen LogP contribution in [0.3, 0.4) is 0 Å². The van der Waals surface area contributed by atoms with Crippen LogP contribution >= 0.6 is 27.3 Å². The van der Waals surface area contributed by atoms with Crippen LogP contribution in [0.5, 0.6) is 0 Å². The van der Waals surface area contributed by atoms with Crippen molar-refractivity contribution in [2.75, 3.05) is 13.1 Å². The summed E-state index contributed by atoms with van der Waals surface area (Å²) >= 11 is 5.17. The SMILES string of the molecule is CC(C)N1CCC(NC(=O)c2cc3cc(Br)ccc3n2Cc2cc(-c3cccs3)on2)CC1. The molecule has 4 heterocycles. The Morgan fingerprint density at radius 3 is 2.79 bits per heavy atom. The summed E-state index contributed by atoms with van der Waals surface area (Å²) in [5, 5.41) is 10.6. The van der Waals surface area contributed by atoms with Gasteiger partial charge in [0.1, 0.15) is 11.4 Å². The van der Waals surface area contributed by atoms with E-state index in [2.05, 4.69) is 45.2 Å². The van der Waals surface area contributed by atoms with Gasteiger partial charge in [-0.2, -0.15) is 0 Å². The Balaban J connectivity index is 1.40. The Labute approximate surface area is 205 Å². The summed E-state index contributed by atoms with van der Waals surface area (Å²) in [6.07, 6.45) is 1.95. The highest BCUT2D eigenvalue weighted by Crippen LogP contribution is 2.28. The predicted molar refractivity (Wildman–Crippen MR) is 136 cm³/mol. The molecule has 0 radical (unpaired) electrons. The van der Waals surface area contributed by atoms with E-state index in [9.17, 15) is 4.79 Å². The standard InChI is InChI=1S/C25H27BrN4O2S/c1-16(2)29-9-7-19(8-10-29)27-25(31)22-13-17-12-18(26)5-6-21(17)30(22)15-20-14-23(32-28-20)24-4-3-11-33-24/h3-6,11-14,16,19H,7-10,15H2,1-2H3,(H,27,31). The van der Waals surface area contributed by atoms with Gasteiger partial charge in [0, 0.05) is 46.6 Å². The molecule has 0 unspecified atom stereocenters. The lowest BCUT2D eigenvalue weighted by Crippen LogP contribution is -2.46. The van der Waals surface area contributed by atoms with Gasteiger partial charge in [-0.05, 0) is 62.4 Å². The van der Waals surface area contributed by atoms with Gasteiger partial charge in [-0.3, -0.25) is 4.79 Å². The number of likely N-dealkylation sites (tertiary alicyclic amines) is 1. The second-order valence-corrected chi connectivity index (χ2v) is 10.7. The molecule has 8 heteroatoms. The molecular formula is C25H27BrN4O2S. The monoisotopic (exact) mass is 526 g/mol. The number of halogens is 1. The molecule has 0 aliphatic carbocycles. The molecule has 3 aromatic heterocycles. The third-order valence-electron chi connectivity index (χ3n) is 6.33. The first-order chi connectivity index (χ1) is 16.0. The van der Waals surface area contributed by atoms with Crippen molar-refractivity contribution in [2.45, 2.75) is 45.3 Å². The number of thiophene rings is 1. The maximum absolute atomic E-state index is 13.4. The van der Waals surface area contributed by atoms with E-state index in [4.69, 9.17) is 4.52 Å². The van der Waals surface area contributed by atoms with E-state index >= 15 is 0 Å². The van der Waals surface area contributed by atoms with Crippen LogP contribution in [0.4, 0.5) is 0 Å². The highest BCUT2D eigenvalue weighted by atomic mass is 79.9. The average Bonchev–Trinajstić information content (AvgIpc) is 3.54. The molecule has 1 N–H and O–H groups in total. The number of carbonyl (C=O) groups is 1. The highest BCUT2D eigenvalue weighted by molar-refractivity contribution is 9.10. The van der Waals surface area contributed by atoms with Crippen molar-refractivity contribution in [1.82, 2.24) is 19.9 Å². The van der Waals surface area contributed by atoms with Crippen LogP contribution in [0, 0.1) is 0 Å². The van der Waals surface area contributed by atoms with Crippen molar-refractivity contribution >= 4 is 44.1 Å². The van der Waals surface area contributed by atoms with Gasteiger partial charge in [-0.25, -0.2) is 0 Å². The van der Waals surface area contributed by atoms with Crippen LogP contribution in [-0.2, 0) is 6.54 Å². The zero-order chi connectivity index (χ0) is 22.9. The van der Waals surface area contributed by atoms with Crippen LogP contribution in [0.25, 0.3) is 21.5 Å². The zero-order valence-electron chi connectivity index (χ0n) is 18.8. The number of benzene rings is 1. The van der Waals surface area contributed by atoms with Crippen LogP contribution in [0.1, 0.15) is 42.9 Å². The van der Waals surface area contributed by atoms with Crippen molar-refractivity contribution < 1.29 is 9.32 Å². The van der Waals surface area contributed by atoms with Gasteiger partial charge in [-0.1, -0.05) is 27.2 Å². The summed E-state index contributed by atoms with van der Waals surface area (Å²) in [7, 11) is 0. The lowest BCUT2D eigenvalue weighted by molar-refractivity contribution is 0.0892. The number of hydrogen-bond donors (Lipinski definition) is 1. The van der Waals surface area contributed by atoms with Gasteiger partial charge in [0.2, 0.25) is 0 Å². The maximum Gasteiger partial charge on any atom is 0.268 e. The predicted octanol–water partition coefficient (Wildman–Crippen LogP) is 5.77. The van der Waals surface area contributed by atoms with Crippen LogP contribution in [0.15, 0.2) is 56.8 Å². The number of carbonyl (C=O) groups excluding carboxylic acids is 1. The fourth-order valence-corrected chi connectivity index (χ4v) is 5.56. The van der Waals surface area contributed by atoms with E-state index in [1.165, 1.54) is 0 Å². The van der Waals surface area contributed by atoms with Crippen LogP contribution in [-0.4, -0.2) is 45.7 Å². The summed E-state index contributed by atoms with van der Waals surface area (Å²) in [5.41, 5.74) is 2.44. The lowest BCUT2D eigenvalue weighted by atomic mass is 10.0. The van der Waals surface area contributed by atoms with Crippen molar-refractivity contribution in [3.05, 3.63) is 63.7 Å². The molecule has 33 heavy (non-hydrogen) atoms. The zero-order valence-corrected chi connectivity index (χ0v) is 21.2. The number of amides is 1. The van der Waals surface area contributed by atoms with E-state index in [0.29, 0.717) is 18.3 Å². The minimum absolute atomic E-state index is 0.0349. The third kappa shape index (κ3) is 4.78. The largest absolute Gasteiger partial charge is 0.355 e. The average molecular weight is 527 g/mol. The summed E-state index contributed by atoms with van der Waals surface area (Å²) in [4.78, 5) is 16.9. The van der Waals surface area contributed by atoms with Gasteiger partial charge in [0.25, 0.3) is 5.91 Å². The number of piperidine rings is 1. The number of nitrogens with zero attached hydrogens (tertiary/aromatic N) is 3. The molecule has 1 aliphatic rings. The molecule has 0 spiro atoms. The molecule has 1 fully saturated rings. The fraction of sp³-hybridized carbons (Fsp3) is 0.360. The third-order valence-corrected chi connectivity index (χ3v) is 7.71. The van der Waals surface area contributed by atoms with E-state index in [0.717, 1.165) is 57.6 Å². The maximum atomic E-state index is 13.4. The van der Waals surface area contributed by atoms with Crippen molar-refractivity contribution in [1.29, 1.82) is 0 Å². The van der Waals surface area contributed by atoms with E-state index in [1.807, 2.05) is 52.4 Å². The molecule has 0 bridgehead atoms. The van der Waals surface area contributed by atoms with Crippen LogP contribution in [0.2, 0.25) is 0 Å². The first-order valence-electron chi connectivity index (χ1n) is 11.3. The molecule has 6 nitrogen and oxygen atoms in total. The molecular weight excluding hydrogens is 500 g/mol. The van der Waals surface area contributed by atoms with Gasteiger partial charge in [0.15, 0.2) is 5.76 Å². The summed E-state index contributed by atoms with van der Waals surface area (Å²) in [6.45, 7) is 6.95. The molecule has 1 aliphatic heterocycles. The quantitative estimate of drug-likeness (QED) is 0.346. The lowest BCUT2D eigenvalue weighted by Gasteiger charge is -2.34. The van der Waals surface area contributed by atoms with E-state index in [-0.39, 0.29) is 11.9 Å². The minimum Gasteiger partial charge on any atom is -0.355 e. The van der Waals surface area contributed by atoms with Gasteiger partial charge in [-0.15, -0.1) is 11.3 Å². The summed E-state index contributed by atoms with van der Waals surface area (Å²) < 4.78 is 8.60. The number of aromatic nitrogens is 2. The fourth-order valence-electron chi connectivity index (χ4n) is 4.50. The van der Waals surface area contributed by atoms with Gasteiger partial charge >= 0.3 is 0 Å². The Hall–Kier alpha value is -2.42. The Morgan fingerprint density at radius 2 is 2.06 bits per heavy atom. The smallest absolute Gasteiger partial charge is 0.268 e. The Morgan fingerprint density at radius 1 is 1.24 bits per heavy atom. The molecule has 1 aromatic carbocycles. The van der Waals surface area contributed by atoms with Gasteiger partial charge in [0.05, 0.1) is 11.4 Å². The topological polar surface area (TPSA) is 63.3 Å². The van der Waals surface area contributed by atoms with Crippen molar-refractivity contribution in [3.8, 4) is 10.6 Å². The number of fused-ring (bicyclic) bond motifs is 1. The summed E-state index contributed by atoms with van der Waals surface area (Å²) in [6, 6.07) is 14.8. The molecule has 1 saturated heterocycles.